The lowest BCUT2D eigenvalue weighted by Gasteiger charge is -2.27. The van der Waals surface area contributed by atoms with Crippen LogP contribution in [0.5, 0.6) is 0 Å². The first-order chi connectivity index (χ1) is 14.9. The molecule has 0 saturated carbocycles. The van der Waals surface area contributed by atoms with Gasteiger partial charge in [0, 0.05) is 29.6 Å². The third kappa shape index (κ3) is 4.61. The molecule has 3 aromatic rings. The first-order valence-electron chi connectivity index (χ1n) is 10.4. The van der Waals surface area contributed by atoms with Crippen molar-refractivity contribution in [1.29, 1.82) is 0 Å². The van der Waals surface area contributed by atoms with E-state index in [1.807, 2.05) is 24.3 Å². The molecule has 164 valence electrons. The van der Waals surface area contributed by atoms with Crippen molar-refractivity contribution >= 4 is 27.1 Å². The van der Waals surface area contributed by atoms with Crippen molar-refractivity contribution in [3.8, 4) is 10.4 Å². The maximum Gasteiger partial charge on any atom is 0.261 e. The first-order valence-corrected chi connectivity index (χ1v) is 12.9. The van der Waals surface area contributed by atoms with Gasteiger partial charge in [-0.1, -0.05) is 25.1 Å². The number of nitrogens with zero attached hydrogens (tertiary/aromatic N) is 1. The Kier molecular flexibility index (Phi) is 6.31. The molecule has 8 heteroatoms. The van der Waals surface area contributed by atoms with Crippen LogP contribution >= 0.6 is 11.3 Å². The van der Waals surface area contributed by atoms with Gasteiger partial charge in [0.1, 0.15) is 5.76 Å². The predicted octanol–water partition coefficient (Wildman–Crippen LogP) is 4.33. The highest BCUT2D eigenvalue weighted by molar-refractivity contribution is 7.91. The molecule has 0 fully saturated rings. The Bertz CT molecular complexity index is 1170. The summed E-state index contributed by atoms with van der Waals surface area (Å²) in [6.45, 7) is 6.20. The highest BCUT2D eigenvalue weighted by Crippen LogP contribution is 2.42. The topological polar surface area (TPSA) is 79.6 Å². The minimum atomic E-state index is -3.37. The number of amides is 1. The Balaban J connectivity index is 1.44. The zero-order valence-corrected chi connectivity index (χ0v) is 19.3. The number of benzene rings is 1. The third-order valence-corrected chi connectivity index (χ3v) is 8.61. The van der Waals surface area contributed by atoms with Crippen molar-refractivity contribution in [1.82, 2.24) is 10.2 Å². The number of sulfone groups is 1. The molecule has 1 aromatic carbocycles. The van der Waals surface area contributed by atoms with Crippen LogP contribution < -0.4 is 5.32 Å². The van der Waals surface area contributed by atoms with Crippen LogP contribution in [0.25, 0.3) is 10.4 Å². The third-order valence-electron chi connectivity index (χ3n) is 5.68. The highest BCUT2D eigenvalue weighted by Gasteiger charge is 2.30. The molecule has 0 aliphatic carbocycles. The van der Waals surface area contributed by atoms with Crippen LogP contribution in [0.3, 0.4) is 0 Å². The van der Waals surface area contributed by atoms with Gasteiger partial charge in [-0.05, 0) is 43.2 Å². The number of nitrogens with one attached hydrogen (secondary N) is 1. The minimum Gasteiger partial charge on any atom is -0.468 e. The maximum absolute atomic E-state index is 12.8. The second-order valence-electron chi connectivity index (χ2n) is 7.78. The van der Waals surface area contributed by atoms with Gasteiger partial charge < -0.3 is 9.73 Å². The Labute approximate surface area is 186 Å². The summed E-state index contributed by atoms with van der Waals surface area (Å²) in [5, 5.41) is 2.99. The number of hydrogen-bond donors (Lipinski definition) is 1. The number of carbonyl (C=O) groups excluding carboxylic acids is 1. The van der Waals surface area contributed by atoms with E-state index < -0.39 is 9.84 Å². The van der Waals surface area contributed by atoms with Gasteiger partial charge in [0.25, 0.3) is 5.91 Å². The van der Waals surface area contributed by atoms with Crippen molar-refractivity contribution in [2.45, 2.75) is 43.5 Å². The zero-order chi connectivity index (χ0) is 22.0. The molecular formula is C23H26N2O4S2. The van der Waals surface area contributed by atoms with Gasteiger partial charge in [0.15, 0.2) is 9.84 Å². The van der Waals surface area contributed by atoms with Gasteiger partial charge in [-0.25, -0.2) is 8.42 Å². The van der Waals surface area contributed by atoms with Crippen molar-refractivity contribution in [2.75, 3.05) is 13.1 Å². The second kappa shape index (κ2) is 8.98. The summed E-state index contributed by atoms with van der Waals surface area (Å²) < 4.78 is 30.6. The van der Waals surface area contributed by atoms with Gasteiger partial charge in [-0.15, -0.1) is 11.3 Å². The van der Waals surface area contributed by atoms with E-state index in [0.29, 0.717) is 46.6 Å². The molecule has 2 aromatic heterocycles. The number of thiophene rings is 1. The Morgan fingerprint density at radius 1 is 1.26 bits per heavy atom. The van der Waals surface area contributed by atoms with Crippen LogP contribution in [0.15, 0.2) is 58.0 Å². The normalized spacial score (nSPS) is 15.3. The lowest BCUT2D eigenvalue weighted by atomic mass is 10.1. The average Bonchev–Trinajstić information content (AvgIpc) is 3.42. The smallest absolute Gasteiger partial charge is 0.261 e. The summed E-state index contributed by atoms with van der Waals surface area (Å²) in [6, 6.07) is 12.9. The Morgan fingerprint density at radius 2 is 2.06 bits per heavy atom. The van der Waals surface area contributed by atoms with E-state index in [0.717, 1.165) is 17.1 Å². The van der Waals surface area contributed by atoms with E-state index >= 15 is 0 Å². The number of rotatable bonds is 8. The molecule has 1 amide bonds. The molecule has 0 bridgehead atoms. The molecule has 1 aliphatic heterocycles. The molecule has 4 rings (SSSR count). The number of furan rings is 1. The van der Waals surface area contributed by atoms with Crippen molar-refractivity contribution < 1.29 is 17.6 Å². The first kappa shape index (κ1) is 21.8. The fourth-order valence-electron chi connectivity index (χ4n) is 3.80. The van der Waals surface area contributed by atoms with Crippen LogP contribution in [-0.2, 0) is 22.1 Å². The van der Waals surface area contributed by atoms with Crippen molar-refractivity contribution in [3.63, 3.8) is 0 Å². The standard InChI is InChI=1S/C23H26N2O4S2/c1-3-16(2)25(14-18-7-6-12-29-18)11-10-24-23(26)20-13-17-15-31(27,28)21-9-5-4-8-19(21)22(17)30-20/h4-9,12-13,16H,3,10-11,14-15H2,1-2H3,(H,24,26)/t16-/m0/s1. The molecule has 3 heterocycles. The summed E-state index contributed by atoms with van der Waals surface area (Å²) in [5.41, 5.74) is 1.39. The molecule has 0 radical (unpaired) electrons. The Hall–Kier alpha value is -2.42. The SMILES string of the molecule is CC[C@H](C)N(CCNC(=O)c1cc2c(s1)-c1ccccc1S(=O)(=O)C2)Cc1ccco1. The van der Waals surface area contributed by atoms with E-state index in [-0.39, 0.29) is 11.7 Å². The van der Waals surface area contributed by atoms with Gasteiger partial charge in [-0.3, -0.25) is 9.69 Å². The summed E-state index contributed by atoms with van der Waals surface area (Å²) in [6.07, 6.45) is 2.67. The lowest BCUT2D eigenvalue weighted by molar-refractivity contribution is 0.0945. The fraction of sp³-hybridized carbons (Fsp3) is 0.348. The summed E-state index contributed by atoms with van der Waals surface area (Å²) >= 11 is 1.36. The van der Waals surface area contributed by atoms with E-state index in [9.17, 15) is 13.2 Å². The molecule has 1 N–H and O–H groups in total. The highest BCUT2D eigenvalue weighted by atomic mass is 32.2. The molecule has 1 atom stereocenters. The summed E-state index contributed by atoms with van der Waals surface area (Å²) in [7, 11) is -3.37. The minimum absolute atomic E-state index is 0.0614. The monoisotopic (exact) mass is 458 g/mol. The molecular weight excluding hydrogens is 432 g/mol. The number of carbonyl (C=O) groups is 1. The van der Waals surface area contributed by atoms with E-state index in [2.05, 4.69) is 24.1 Å². The van der Waals surface area contributed by atoms with Crippen LogP contribution in [0.4, 0.5) is 0 Å². The van der Waals surface area contributed by atoms with E-state index in [1.165, 1.54) is 11.3 Å². The number of fused-ring (bicyclic) bond motifs is 3. The van der Waals surface area contributed by atoms with Crippen molar-refractivity contribution in [3.05, 3.63) is 64.9 Å². The van der Waals surface area contributed by atoms with Crippen LogP contribution in [-0.4, -0.2) is 38.4 Å². The van der Waals surface area contributed by atoms with Gasteiger partial charge in [-0.2, -0.15) is 0 Å². The molecule has 0 spiro atoms. The molecule has 6 nitrogen and oxygen atoms in total. The molecule has 31 heavy (non-hydrogen) atoms. The summed E-state index contributed by atoms with van der Waals surface area (Å²) in [4.78, 5) is 16.8. The van der Waals surface area contributed by atoms with Crippen molar-refractivity contribution in [2.24, 2.45) is 0 Å². The zero-order valence-electron chi connectivity index (χ0n) is 17.6. The van der Waals surface area contributed by atoms with Gasteiger partial charge in [0.2, 0.25) is 0 Å². The summed E-state index contributed by atoms with van der Waals surface area (Å²) in [5.74, 6) is 0.669. The van der Waals surface area contributed by atoms with Crippen LogP contribution in [0.2, 0.25) is 0 Å². The quantitative estimate of drug-likeness (QED) is 0.544. The van der Waals surface area contributed by atoms with Gasteiger partial charge >= 0.3 is 0 Å². The largest absolute Gasteiger partial charge is 0.468 e. The van der Waals surface area contributed by atoms with Crippen LogP contribution in [0, 0.1) is 0 Å². The maximum atomic E-state index is 12.8. The second-order valence-corrected chi connectivity index (χ2v) is 10.8. The average molecular weight is 459 g/mol. The number of hydrogen-bond acceptors (Lipinski definition) is 6. The van der Waals surface area contributed by atoms with E-state index in [1.54, 1.807) is 24.5 Å². The molecule has 1 aliphatic rings. The molecule has 0 unspecified atom stereocenters. The Morgan fingerprint density at radius 3 is 2.81 bits per heavy atom. The molecule has 0 saturated heterocycles. The lowest BCUT2D eigenvalue weighted by Crippen LogP contribution is -2.39. The fourth-order valence-corrected chi connectivity index (χ4v) is 6.68. The van der Waals surface area contributed by atoms with E-state index in [4.69, 9.17) is 4.42 Å². The van der Waals surface area contributed by atoms with Crippen LogP contribution in [0.1, 0.15) is 41.3 Å². The predicted molar refractivity (Wildman–Crippen MR) is 122 cm³/mol. The van der Waals surface area contributed by atoms with Gasteiger partial charge in [0.05, 0.1) is 28.3 Å².